The van der Waals surface area contributed by atoms with E-state index >= 15 is 0 Å². The zero-order chi connectivity index (χ0) is 19.6. The fourth-order valence-electron chi connectivity index (χ4n) is 3.33. The van der Waals surface area contributed by atoms with E-state index in [1.54, 1.807) is 18.2 Å². The van der Waals surface area contributed by atoms with Crippen LogP contribution in [0.1, 0.15) is 54.3 Å². The number of rotatable bonds is 7. The molecular weight excluding hydrogens is 356 g/mol. The van der Waals surface area contributed by atoms with Crippen molar-refractivity contribution in [1.29, 1.82) is 0 Å². The smallest absolute Gasteiger partial charge is 0.303 e. The van der Waals surface area contributed by atoms with Gasteiger partial charge in [-0.05, 0) is 31.4 Å². The molecule has 2 atom stereocenters. The normalized spacial score (nSPS) is 21.8. The summed E-state index contributed by atoms with van der Waals surface area (Å²) in [6.07, 6.45) is -0.110. The van der Waals surface area contributed by atoms with Gasteiger partial charge in [-0.2, -0.15) is 0 Å². The number of carbonyl (C=O) groups is 4. The summed E-state index contributed by atoms with van der Waals surface area (Å²) in [4.78, 5) is 47.7. The van der Waals surface area contributed by atoms with Crippen LogP contribution in [-0.2, 0) is 14.4 Å². The number of aliphatic carboxylic acids is 1. The Morgan fingerprint density at radius 2 is 2.04 bits per heavy atom. The number of imide groups is 1. The molecular formula is C18H20N2O7. The second kappa shape index (κ2) is 7.75. The van der Waals surface area contributed by atoms with Crippen molar-refractivity contribution in [2.75, 3.05) is 6.61 Å². The number of ether oxygens (including phenoxy) is 1. The van der Waals surface area contributed by atoms with E-state index in [1.165, 1.54) is 0 Å². The van der Waals surface area contributed by atoms with Gasteiger partial charge in [0.1, 0.15) is 11.8 Å². The van der Waals surface area contributed by atoms with Crippen molar-refractivity contribution in [2.45, 2.75) is 44.4 Å². The van der Waals surface area contributed by atoms with Crippen LogP contribution in [0.5, 0.6) is 5.75 Å². The predicted molar refractivity (Wildman–Crippen MR) is 90.7 cm³/mol. The molecule has 9 nitrogen and oxygen atoms in total. The maximum Gasteiger partial charge on any atom is 0.303 e. The van der Waals surface area contributed by atoms with Gasteiger partial charge in [0.25, 0.3) is 5.91 Å². The van der Waals surface area contributed by atoms with Crippen LogP contribution in [0.3, 0.4) is 0 Å². The number of fused-ring (bicyclic) bond motifs is 1. The Kier molecular flexibility index (Phi) is 5.41. The molecule has 3 rings (SSSR count). The molecule has 144 valence electrons. The summed E-state index contributed by atoms with van der Waals surface area (Å²) in [6.45, 7) is 0.239. The van der Waals surface area contributed by atoms with Crippen LogP contribution < -0.4 is 10.1 Å². The Labute approximate surface area is 154 Å². The molecule has 0 spiro atoms. The molecule has 2 aliphatic rings. The number of nitrogens with one attached hydrogen (secondary N) is 1. The van der Waals surface area contributed by atoms with Crippen LogP contribution in [0.4, 0.5) is 0 Å². The van der Waals surface area contributed by atoms with Crippen molar-refractivity contribution in [1.82, 2.24) is 10.2 Å². The Bertz CT molecular complexity index is 792. The van der Waals surface area contributed by atoms with Gasteiger partial charge in [-0.25, -0.2) is 0 Å². The van der Waals surface area contributed by atoms with E-state index in [4.69, 9.17) is 9.84 Å². The topological polar surface area (TPSA) is 133 Å². The van der Waals surface area contributed by atoms with Gasteiger partial charge in [0.2, 0.25) is 11.8 Å². The van der Waals surface area contributed by atoms with E-state index in [1.807, 2.05) is 0 Å². The minimum Gasteiger partial charge on any atom is -0.493 e. The SMILES string of the molecule is O=C(O)CCCCOc1cccc2c1C(O)N(C1CCC(=O)NC1=O)C2=O. The van der Waals surface area contributed by atoms with Crippen LogP contribution in [0.2, 0.25) is 0 Å². The summed E-state index contributed by atoms with van der Waals surface area (Å²) in [5.74, 6) is -2.07. The molecule has 0 saturated carbocycles. The van der Waals surface area contributed by atoms with Gasteiger partial charge in [-0.1, -0.05) is 6.07 Å². The highest BCUT2D eigenvalue weighted by atomic mass is 16.5. The highest BCUT2D eigenvalue weighted by Crippen LogP contribution is 2.40. The number of amides is 3. The van der Waals surface area contributed by atoms with Crippen LogP contribution in [0, 0.1) is 0 Å². The molecule has 2 aliphatic heterocycles. The maximum absolute atomic E-state index is 12.7. The Balaban J connectivity index is 1.74. The van der Waals surface area contributed by atoms with Gasteiger partial charge >= 0.3 is 5.97 Å². The zero-order valence-electron chi connectivity index (χ0n) is 14.5. The third-order valence-corrected chi connectivity index (χ3v) is 4.64. The first-order chi connectivity index (χ1) is 12.9. The van der Waals surface area contributed by atoms with Crippen molar-refractivity contribution >= 4 is 23.7 Å². The number of hydrogen-bond donors (Lipinski definition) is 3. The van der Waals surface area contributed by atoms with Crippen molar-refractivity contribution in [3.63, 3.8) is 0 Å². The van der Waals surface area contributed by atoms with Gasteiger partial charge in [-0.3, -0.25) is 29.4 Å². The fraction of sp³-hybridized carbons (Fsp3) is 0.444. The van der Waals surface area contributed by atoms with E-state index in [-0.39, 0.29) is 37.0 Å². The number of unbranched alkanes of at least 4 members (excludes halogenated alkanes) is 1. The first kappa shape index (κ1) is 18.8. The Morgan fingerprint density at radius 3 is 2.74 bits per heavy atom. The average Bonchev–Trinajstić information content (AvgIpc) is 2.87. The van der Waals surface area contributed by atoms with E-state index in [0.29, 0.717) is 18.6 Å². The molecule has 2 heterocycles. The molecule has 9 heteroatoms. The lowest BCUT2D eigenvalue weighted by atomic mass is 10.0. The van der Waals surface area contributed by atoms with Crippen molar-refractivity contribution in [3.05, 3.63) is 29.3 Å². The van der Waals surface area contributed by atoms with E-state index in [0.717, 1.165) is 4.90 Å². The average molecular weight is 376 g/mol. The largest absolute Gasteiger partial charge is 0.493 e. The highest BCUT2D eigenvalue weighted by molar-refractivity contribution is 6.06. The van der Waals surface area contributed by atoms with Crippen LogP contribution in [0.25, 0.3) is 0 Å². The number of carboxylic acids is 1. The summed E-state index contributed by atoms with van der Waals surface area (Å²) < 4.78 is 5.64. The van der Waals surface area contributed by atoms with Crippen molar-refractivity contribution in [3.8, 4) is 5.75 Å². The minimum atomic E-state index is -1.35. The first-order valence-electron chi connectivity index (χ1n) is 8.72. The molecule has 0 aliphatic carbocycles. The highest BCUT2D eigenvalue weighted by Gasteiger charge is 2.45. The molecule has 0 bridgehead atoms. The summed E-state index contributed by atoms with van der Waals surface area (Å²) >= 11 is 0. The third kappa shape index (κ3) is 3.77. The molecule has 0 aromatic heterocycles. The number of piperidine rings is 1. The van der Waals surface area contributed by atoms with Gasteiger partial charge in [-0.15, -0.1) is 0 Å². The maximum atomic E-state index is 12.7. The molecule has 2 unspecified atom stereocenters. The molecule has 27 heavy (non-hydrogen) atoms. The fourth-order valence-corrected chi connectivity index (χ4v) is 3.33. The Morgan fingerprint density at radius 1 is 1.26 bits per heavy atom. The number of aliphatic hydroxyl groups excluding tert-OH is 1. The molecule has 0 radical (unpaired) electrons. The number of carboxylic acid groups (broad SMARTS) is 1. The quantitative estimate of drug-likeness (QED) is 0.468. The number of nitrogens with zero attached hydrogens (tertiary/aromatic N) is 1. The van der Waals surface area contributed by atoms with Crippen molar-refractivity contribution < 1.29 is 34.1 Å². The second-order valence-electron chi connectivity index (χ2n) is 6.47. The first-order valence-corrected chi connectivity index (χ1v) is 8.72. The summed E-state index contributed by atoms with van der Waals surface area (Å²) in [5.41, 5.74) is 0.528. The number of aliphatic hydroxyl groups is 1. The van der Waals surface area contributed by atoms with Crippen molar-refractivity contribution in [2.24, 2.45) is 0 Å². The molecule has 1 fully saturated rings. The second-order valence-corrected chi connectivity index (χ2v) is 6.47. The molecule has 1 saturated heterocycles. The summed E-state index contributed by atoms with van der Waals surface area (Å²) in [6, 6.07) is 3.84. The van der Waals surface area contributed by atoms with Gasteiger partial charge in [0, 0.05) is 12.8 Å². The van der Waals surface area contributed by atoms with Gasteiger partial charge in [0.05, 0.1) is 17.7 Å². The molecule has 3 amide bonds. The summed E-state index contributed by atoms with van der Waals surface area (Å²) in [5, 5.41) is 21.5. The number of hydrogen-bond acceptors (Lipinski definition) is 6. The van der Waals surface area contributed by atoms with Gasteiger partial charge in [0.15, 0.2) is 6.23 Å². The molecule has 1 aromatic rings. The minimum absolute atomic E-state index is 0.0423. The lowest BCUT2D eigenvalue weighted by Crippen LogP contribution is -2.53. The lowest BCUT2D eigenvalue weighted by molar-refractivity contribution is -0.140. The monoisotopic (exact) mass is 376 g/mol. The summed E-state index contributed by atoms with van der Waals surface area (Å²) in [7, 11) is 0. The van der Waals surface area contributed by atoms with E-state index in [2.05, 4.69) is 5.32 Å². The standard InChI is InChI=1S/C18H20N2O7/c21-13-8-7-11(16(24)19-13)20-17(25)10-4-3-5-12(15(10)18(20)26)27-9-2-1-6-14(22)23/h3-5,11,18,26H,1-2,6-9H2,(H,22,23)(H,19,21,24). The zero-order valence-corrected chi connectivity index (χ0v) is 14.5. The number of carbonyl (C=O) groups excluding carboxylic acids is 3. The van der Waals surface area contributed by atoms with E-state index < -0.39 is 36.0 Å². The number of benzene rings is 1. The van der Waals surface area contributed by atoms with Gasteiger partial charge < -0.3 is 14.9 Å². The third-order valence-electron chi connectivity index (χ3n) is 4.64. The van der Waals surface area contributed by atoms with Crippen LogP contribution >= 0.6 is 0 Å². The predicted octanol–water partition coefficient (Wildman–Crippen LogP) is 0.572. The molecule has 3 N–H and O–H groups in total. The molecule has 1 aromatic carbocycles. The van der Waals surface area contributed by atoms with Crippen LogP contribution in [-0.4, -0.2) is 51.5 Å². The van der Waals surface area contributed by atoms with E-state index in [9.17, 15) is 24.3 Å². The van der Waals surface area contributed by atoms with Crippen LogP contribution in [0.15, 0.2) is 18.2 Å². The Hall–Kier alpha value is -2.94. The lowest BCUT2D eigenvalue weighted by Gasteiger charge is -2.32.